The van der Waals surface area contributed by atoms with E-state index in [1.54, 1.807) is 0 Å². The smallest absolute Gasteiger partial charge is 0.0334 e. The van der Waals surface area contributed by atoms with Gasteiger partial charge >= 0.3 is 0 Å². The van der Waals surface area contributed by atoms with E-state index in [9.17, 15) is 0 Å². The minimum atomic E-state index is 0.454. The molecule has 2 nitrogen and oxygen atoms in total. The van der Waals surface area contributed by atoms with Gasteiger partial charge in [-0.1, -0.05) is 26.7 Å². The molecule has 0 aromatic heterocycles. The average molecular weight is 278 g/mol. The Morgan fingerprint density at radius 1 is 1.15 bits per heavy atom. The molecule has 0 radical (unpaired) electrons. The molecular weight excluding hydrogens is 244 g/mol. The monoisotopic (exact) mass is 278 g/mol. The second-order valence-electron chi connectivity index (χ2n) is 8.39. The normalized spacial score (nSPS) is 36.9. The number of piperazine rings is 1. The molecule has 116 valence electrons. The van der Waals surface area contributed by atoms with Gasteiger partial charge in [0.25, 0.3) is 0 Å². The van der Waals surface area contributed by atoms with Crippen LogP contribution in [0.15, 0.2) is 0 Å². The molecule has 3 rings (SSSR count). The highest BCUT2D eigenvalue weighted by atomic mass is 15.3. The number of hydrogen-bond donors (Lipinski definition) is 1. The number of hydrogen-bond acceptors (Lipinski definition) is 2. The summed E-state index contributed by atoms with van der Waals surface area (Å²) in [6, 6.07) is 0.725. The van der Waals surface area contributed by atoms with Gasteiger partial charge in [-0.3, -0.25) is 4.90 Å². The molecule has 2 atom stereocenters. The molecule has 2 saturated carbocycles. The summed E-state index contributed by atoms with van der Waals surface area (Å²) in [6.07, 6.45) is 10.2. The lowest BCUT2D eigenvalue weighted by Crippen LogP contribution is -2.65. The Balaban J connectivity index is 1.65. The number of rotatable bonds is 5. The molecule has 1 aliphatic heterocycles. The lowest BCUT2D eigenvalue weighted by Gasteiger charge is -2.50. The van der Waals surface area contributed by atoms with Crippen LogP contribution in [-0.2, 0) is 0 Å². The van der Waals surface area contributed by atoms with Gasteiger partial charge in [0.2, 0.25) is 0 Å². The van der Waals surface area contributed by atoms with Crippen LogP contribution in [0.4, 0.5) is 0 Å². The molecule has 2 aliphatic carbocycles. The van der Waals surface area contributed by atoms with E-state index in [4.69, 9.17) is 0 Å². The van der Waals surface area contributed by atoms with Gasteiger partial charge in [0.1, 0.15) is 0 Å². The van der Waals surface area contributed by atoms with Crippen LogP contribution in [0.25, 0.3) is 0 Å². The molecule has 0 aromatic rings. The van der Waals surface area contributed by atoms with Crippen LogP contribution in [-0.4, -0.2) is 36.1 Å². The standard InChI is InChI=1S/C18H34N2/c1-14(2)10-17-12-20(11-15-6-4-5-7-15)18(3,13-19-17)16-8-9-16/h14-17,19H,4-13H2,1-3H3. The molecular formula is C18H34N2. The van der Waals surface area contributed by atoms with Crippen molar-refractivity contribution in [2.24, 2.45) is 17.8 Å². The van der Waals surface area contributed by atoms with Crippen LogP contribution >= 0.6 is 0 Å². The highest BCUT2D eigenvalue weighted by Gasteiger charge is 2.48. The fourth-order valence-corrected chi connectivity index (χ4v) is 4.62. The fourth-order valence-electron chi connectivity index (χ4n) is 4.62. The van der Waals surface area contributed by atoms with Gasteiger partial charge in [0.15, 0.2) is 0 Å². The molecule has 0 amide bonds. The Morgan fingerprint density at radius 2 is 1.85 bits per heavy atom. The van der Waals surface area contributed by atoms with Crippen molar-refractivity contribution in [3.8, 4) is 0 Å². The van der Waals surface area contributed by atoms with Gasteiger partial charge in [-0.25, -0.2) is 0 Å². The van der Waals surface area contributed by atoms with Crippen molar-refractivity contribution >= 4 is 0 Å². The Labute approximate surface area is 125 Å². The van der Waals surface area contributed by atoms with Gasteiger partial charge in [0.05, 0.1) is 0 Å². The molecule has 3 fully saturated rings. The second-order valence-corrected chi connectivity index (χ2v) is 8.39. The first-order valence-electron chi connectivity index (χ1n) is 9.06. The molecule has 1 saturated heterocycles. The Morgan fingerprint density at radius 3 is 2.45 bits per heavy atom. The predicted molar refractivity (Wildman–Crippen MR) is 85.9 cm³/mol. The maximum atomic E-state index is 3.88. The molecule has 0 spiro atoms. The molecule has 1 heterocycles. The number of nitrogens with zero attached hydrogens (tertiary/aromatic N) is 1. The zero-order valence-corrected chi connectivity index (χ0v) is 13.8. The van der Waals surface area contributed by atoms with E-state index in [2.05, 4.69) is 31.0 Å². The van der Waals surface area contributed by atoms with Crippen molar-refractivity contribution < 1.29 is 0 Å². The van der Waals surface area contributed by atoms with E-state index in [-0.39, 0.29) is 0 Å². The highest BCUT2D eigenvalue weighted by Crippen LogP contribution is 2.45. The molecule has 3 aliphatic rings. The van der Waals surface area contributed by atoms with Gasteiger partial charge in [0, 0.05) is 31.2 Å². The van der Waals surface area contributed by atoms with E-state index in [1.807, 2.05) is 0 Å². The van der Waals surface area contributed by atoms with Gasteiger partial charge in [-0.05, 0) is 56.8 Å². The minimum Gasteiger partial charge on any atom is -0.311 e. The maximum absolute atomic E-state index is 3.88. The third-order valence-corrected chi connectivity index (χ3v) is 6.08. The van der Waals surface area contributed by atoms with Crippen LogP contribution in [0.2, 0.25) is 0 Å². The quantitative estimate of drug-likeness (QED) is 0.825. The van der Waals surface area contributed by atoms with E-state index in [0.717, 1.165) is 23.8 Å². The lowest BCUT2D eigenvalue weighted by atomic mass is 9.86. The van der Waals surface area contributed by atoms with Crippen molar-refractivity contribution in [1.82, 2.24) is 10.2 Å². The second kappa shape index (κ2) is 5.96. The van der Waals surface area contributed by atoms with Gasteiger partial charge < -0.3 is 5.32 Å². The average Bonchev–Trinajstić information content (AvgIpc) is 3.13. The summed E-state index contributed by atoms with van der Waals surface area (Å²) in [4.78, 5) is 2.91. The predicted octanol–water partition coefficient (Wildman–Crippen LogP) is 3.67. The summed E-state index contributed by atoms with van der Waals surface area (Å²) in [7, 11) is 0. The summed E-state index contributed by atoms with van der Waals surface area (Å²) < 4.78 is 0. The molecule has 2 heteroatoms. The summed E-state index contributed by atoms with van der Waals surface area (Å²) in [5.74, 6) is 2.77. The van der Waals surface area contributed by atoms with E-state index in [1.165, 1.54) is 64.6 Å². The Hall–Kier alpha value is -0.0800. The molecule has 1 N–H and O–H groups in total. The molecule has 20 heavy (non-hydrogen) atoms. The van der Waals surface area contributed by atoms with Crippen LogP contribution in [0.1, 0.15) is 65.7 Å². The van der Waals surface area contributed by atoms with Gasteiger partial charge in [-0.15, -0.1) is 0 Å². The van der Waals surface area contributed by atoms with Crippen molar-refractivity contribution in [2.75, 3.05) is 19.6 Å². The van der Waals surface area contributed by atoms with Crippen molar-refractivity contribution in [3.63, 3.8) is 0 Å². The number of nitrogens with one attached hydrogen (secondary N) is 1. The molecule has 2 unspecified atom stereocenters. The first kappa shape index (κ1) is 14.8. The minimum absolute atomic E-state index is 0.454. The first-order valence-corrected chi connectivity index (χ1v) is 9.06. The third kappa shape index (κ3) is 3.22. The summed E-state index contributed by atoms with van der Waals surface area (Å²) in [5.41, 5.74) is 0.454. The lowest BCUT2D eigenvalue weighted by molar-refractivity contribution is 0.0187. The molecule has 0 aromatic carbocycles. The van der Waals surface area contributed by atoms with Gasteiger partial charge in [-0.2, -0.15) is 0 Å². The topological polar surface area (TPSA) is 15.3 Å². The van der Waals surface area contributed by atoms with E-state index in [0.29, 0.717) is 5.54 Å². The zero-order valence-electron chi connectivity index (χ0n) is 13.8. The fraction of sp³-hybridized carbons (Fsp3) is 1.00. The van der Waals surface area contributed by atoms with E-state index < -0.39 is 0 Å². The molecule has 0 bridgehead atoms. The summed E-state index contributed by atoms with van der Waals surface area (Å²) in [5, 5.41) is 3.88. The zero-order chi connectivity index (χ0) is 14.2. The SMILES string of the molecule is CC(C)CC1CN(CC2CCCC2)C(C)(C2CC2)CN1. The van der Waals surface area contributed by atoms with Crippen molar-refractivity contribution in [3.05, 3.63) is 0 Å². The highest BCUT2D eigenvalue weighted by molar-refractivity contribution is 5.05. The largest absolute Gasteiger partial charge is 0.311 e. The van der Waals surface area contributed by atoms with Crippen LogP contribution < -0.4 is 5.32 Å². The van der Waals surface area contributed by atoms with Crippen molar-refractivity contribution in [2.45, 2.75) is 77.3 Å². The van der Waals surface area contributed by atoms with Crippen molar-refractivity contribution in [1.29, 1.82) is 0 Å². The third-order valence-electron chi connectivity index (χ3n) is 6.08. The Kier molecular flexibility index (Phi) is 4.42. The van der Waals surface area contributed by atoms with Crippen LogP contribution in [0, 0.1) is 17.8 Å². The summed E-state index contributed by atoms with van der Waals surface area (Å²) >= 11 is 0. The Bertz CT molecular complexity index is 317. The first-order chi connectivity index (χ1) is 9.58. The van der Waals surface area contributed by atoms with Crippen LogP contribution in [0.3, 0.4) is 0 Å². The van der Waals surface area contributed by atoms with E-state index >= 15 is 0 Å². The van der Waals surface area contributed by atoms with Crippen LogP contribution in [0.5, 0.6) is 0 Å². The summed E-state index contributed by atoms with van der Waals surface area (Å²) in [6.45, 7) is 11.2. The maximum Gasteiger partial charge on any atom is 0.0334 e.